The minimum atomic E-state index is -4.73. The number of ether oxygens (including phenoxy) is 1. The van der Waals surface area contributed by atoms with Gasteiger partial charge in [0, 0.05) is 0 Å². The van der Waals surface area contributed by atoms with E-state index in [-0.39, 0.29) is 5.75 Å². The molecule has 0 aliphatic heterocycles. The smallest absolute Gasteiger partial charge is 0.406 e. The Morgan fingerprint density at radius 1 is 1.26 bits per heavy atom. The van der Waals surface area contributed by atoms with Gasteiger partial charge in [-0.1, -0.05) is 12.1 Å². The SMILES string of the molecule is Cc1cscc1C(O)c1cccc(OC(F)(F)F)c1. The van der Waals surface area contributed by atoms with Crippen molar-refractivity contribution in [1.29, 1.82) is 0 Å². The van der Waals surface area contributed by atoms with E-state index in [1.165, 1.54) is 29.5 Å². The van der Waals surface area contributed by atoms with Crippen LogP contribution in [-0.2, 0) is 0 Å². The van der Waals surface area contributed by atoms with Crippen molar-refractivity contribution in [3.05, 3.63) is 51.7 Å². The van der Waals surface area contributed by atoms with Crippen LogP contribution in [0.3, 0.4) is 0 Å². The fourth-order valence-corrected chi connectivity index (χ4v) is 2.58. The molecule has 2 aromatic rings. The summed E-state index contributed by atoms with van der Waals surface area (Å²) in [6, 6.07) is 5.37. The molecule has 1 unspecified atom stereocenters. The second-order valence-corrected chi connectivity index (χ2v) is 4.78. The van der Waals surface area contributed by atoms with Crippen LogP contribution in [0, 0.1) is 6.92 Å². The summed E-state index contributed by atoms with van der Waals surface area (Å²) in [5.41, 5.74) is 1.96. The predicted molar refractivity (Wildman–Crippen MR) is 66.2 cm³/mol. The van der Waals surface area contributed by atoms with Gasteiger partial charge in [0.1, 0.15) is 11.9 Å². The number of rotatable bonds is 3. The highest BCUT2D eigenvalue weighted by Crippen LogP contribution is 2.30. The summed E-state index contributed by atoms with van der Waals surface area (Å²) in [7, 11) is 0. The number of benzene rings is 1. The van der Waals surface area contributed by atoms with E-state index < -0.39 is 12.5 Å². The summed E-state index contributed by atoms with van der Waals surface area (Å²) < 4.78 is 40.2. The first kappa shape index (κ1) is 13.9. The van der Waals surface area contributed by atoms with Crippen LogP contribution in [-0.4, -0.2) is 11.5 Å². The Hall–Kier alpha value is -1.53. The lowest BCUT2D eigenvalue weighted by molar-refractivity contribution is -0.274. The maximum atomic E-state index is 12.1. The van der Waals surface area contributed by atoms with Gasteiger partial charge >= 0.3 is 6.36 Å². The normalized spacial score (nSPS) is 13.3. The van der Waals surface area contributed by atoms with Gasteiger partial charge in [-0.2, -0.15) is 11.3 Å². The Morgan fingerprint density at radius 3 is 2.58 bits per heavy atom. The van der Waals surface area contributed by atoms with Crippen LogP contribution >= 0.6 is 11.3 Å². The molecule has 2 rings (SSSR count). The predicted octanol–water partition coefficient (Wildman–Crippen LogP) is 4.04. The van der Waals surface area contributed by atoms with Crippen molar-refractivity contribution in [1.82, 2.24) is 0 Å². The molecule has 0 saturated carbocycles. The monoisotopic (exact) mass is 288 g/mol. The van der Waals surface area contributed by atoms with Gasteiger partial charge < -0.3 is 9.84 Å². The van der Waals surface area contributed by atoms with Crippen LogP contribution in [0.5, 0.6) is 5.75 Å². The number of aliphatic hydroxyl groups excluding tert-OH is 1. The number of alkyl halides is 3. The van der Waals surface area contributed by atoms with Crippen LogP contribution in [0.15, 0.2) is 35.0 Å². The topological polar surface area (TPSA) is 29.5 Å². The zero-order valence-electron chi connectivity index (χ0n) is 9.94. The summed E-state index contributed by atoms with van der Waals surface area (Å²) in [6.45, 7) is 1.84. The molecule has 2 nitrogen and oxygen atoms in total. The van der Waals surface area contributed by atoms with Crippen molar-refractivity contribution in [3.63, 3.8) is 0 Å². The van der Waals surface area contributed by atoms with E-state index in [9.17, 15) is 18.3 Å². The Labute approximate surface area is 112 Å². The van der Waals surface area contributed by atoms with E-state index in [0.717, 1.165) is 5.56 Å². The zero-order valence-corrected chi connectivity index (χ0v) is 10.8. The van der Waals surface area contributed by atoms with Gasteiger partial charge in [-0.3, -0.25) is 0 Å². The van der Waals surface area contributed by atoms with E-state index in [4.69, 9.17) is 0 Å². The second kappa shape index (κ2) is 5.22. The maximum absolute atomic E-state index is 12.1. The van der Waals surface area contributed by atoms with Crippen molar-refractivity contribution >= 4 is 11.3 Å². The zero-order chi connectivity index (χ0) is 14.0. The molecule has 19 heavy (non-hydrogen) atoms. The molecule has 0 saturated heterocycles. The van der Waals surface area contributed by atoms with Crippen molar-refractivity contribution < 1.29 is 23.0 Å². The summed E-state index contributed by atoms with van der Waals surface area (Å²) in [6.07, 6.45) is -5.69. The minimum Gasteiger partial charge on any atom is -0.406 e. The first-order chi connectivity index (χ1) is 8.87. The molecular formula is C13H11F3O2S. The number of hydrogen-bond acceptors (Lipinski definition) is 3. The molecule has 6 heteroatoms. The van der Waals surface area contributed by atoms with E-state index in [1.54, 1.807) is 11.4 Å². The fourth-order valence-electron chi connectivity index (χ4n) is 1.71. The van der Waals surface area contributed by atoms with Crippen LogP contribution in [0.4, 0.5) is 13.2 Å². The van der Waals surface area contributed by atoms with Crippen molar-refractivity contribution in [2.24, 2.45) is 0 Å². The third-order valence-corrected chi connectivity index (χ3v) is 3.48. The largest absolute Gasteiger partial charge is 0.573 e. The van der Waals surface area contributed by atoms with E-state index in [2.05, 4.69) is 4.74 Å². The van der Waals surface area contributed by atoms with Gasteiger partial charge in [0.2, 0.25) is 0 Å². The van der Waals surface area contributed by atoms with Crippen molar-refractivity contribution in [3.8, 4) is 5.75 Å². The summed E-state index contributed by atoms with van der Waals surface area (Å²) in [4.78, 5) is 0. The molecule has 1 aromatic heterocycles. The minimum absolute atomic E-state index is 0.336. The van der Waals surface area contributed by atoms with Crippen molar-refractivity contribution in [2.45, 2.75) is 19.4 Å². The average Bonchev–Trinajstić information content (AvgIpc) is 2.72. The Morgan fingerprint density at radius 2 is 2.00 bits per heavy atom. The van der Waals surface area contributed by atoms with E-state index in [1.807, 2.05) is 12.3 Å². The van der Waals surface area contributed by atoms with Gasteiger partial charge in [-0.15, -0.1) is 13.2 Å². The van der Waals surface area contributed by atoms with Crippen LogP contribution < -0.4 is 4.74 Å². The Kier molecular flexibility index (Phi) is 3.82. The van der Waals surface area contributed by atoms with Crippen molar-refractivity contribution in [2.75, 3.05) is 0 Å². The number of hydrogen-bond donors (Lipinski definition) is 1. The molecule has 0 spiro atoms. The molecule has 0 aliphatic carbocycles. The lowest BCUT2D eigenvalue weighted by Gasteiger charge is -2.14. The molecule has 0 aliphatic rings. The highest BCUT2D eigenvalue weighted by molar-refractivity contribution is 7.08. The van der Waals surface area contributed by atoms with Gasteiger partial charge in [-0.05, 0) is 46.5 Å². The van der Waals surface area contributed by atoms with Crippen LogP contribution in [0.2, 0.25) is 0 Å². The first-order valence-electron chi connectivity index (χ1n) is 5.43. The molecule has 0 bridgehead atoms. The highest BCUT2D eigenvalue weighted by Gasteiger charge is 2.31. The van der Waals surface area contributed by atoms with Crippen LogP contribution in [0.1, 0.15) is 22.8 Å². The molecule has 1 N–H and O–H groups in total. The van der Waals surface area contributed by atoms with Gasteiger partial charge in [-0.25, -0.2) is 0 Å². The van der Waals surface area contributed by atoms with Gasteiger partial charge in [0.05, 0.1) is 0 Å². The molecule has 0 radical (unpaired) electrons. The van der Waals surface area contributed by atoms with E-state index >= 15 is 0 Å². The average molecular weight is 288 g/mol. The lowest BCUT2D eigenvalue weighted by Crippen LogP contribution is -2.17. The number of aliphatic hydroxyl groups is 1. The van der Waals surface area contributed by atoms with Gasteiger partial charge in [0.15, 0.2) is 0 Å². The Balaban J connectivity index is 2.26. The standard InChI is InChI=1S/C13H11F3O2S/c1-8-6-19-7-11(8)12(17)9-3-2-4-10(5-9)18-13(14,15)16/h2-7,12,17H,1H3. The van der Waals surface area contributed by atoms with Crippen LogP contribution in [0.25, 0.3) is 0 Å². The highest BCUT2D eigenvalue weighted by atomic mass is 32.1. The summed E-state index contributed by atoms with van der Waals surface area (Å²) in [5, 5.41) is 13.8. The molecule has 102 valence electrons. The molecule has 0 amide bonds. The first-order valence-corrected chi connectivity index (χ1v) is 6.37. The number of aryl methyl sites for hydroxylation is 1. The number of thiophene rings is 1. The number of halogens is 3. The summed E-state index contributed by atoms with van der Waals surface area (Å²) in [5.74, 6) is -0.336. The maximum Gasteiger partial charge on any atom is 0.573 e. The molecule has 1 heterocycles. The van der Waals surface area contributed by atoms with E-state index in [0.29, 0.717) is 11.1 Å². The fraction of sp³-hybridized carbons (Fsp3) is 0.231. The molecular weight excluding hydrogens is 277 g/mol. The molecule has 1 atom stereocenters. The summed E-state index contributed by atoms with van der Waals surface area (Å²) >= 11 is 1.43. The molecule has 0 fully saturated rings. The van der Waals surface area contributed by atoms with Gasteiger partial charge in [0.25, 0.3) is 0 Å². The third-order valence-electron chi connectivity index (χ3n) is 2.60. The Bertz CT molecular complexity index is 563. The third kappa shape index (κ3) is 3.48. The second-order valence-electron chi connectivity index (χ2n) is 4.03. The molecule has 1 aromatic carbocycles. The lowest BCUT2D eigenvalue weighted by atomic mass is 10.0. The quantitative estimate of drug-likeness (QED) is 0.923.